The Bertz CT molecular complexity index is 669. The number of carbonyl (C=O) groups excluding carboxylic acids is 3. The van der Waals surface area contributed by atoms with Gasteiger partial charge in [0.2, 0.25) is 22.9 Å². The third-order valence-corrected chi connectivity index (χ3v) is 6.71. The largest absolute Gasteiger partial charge is 0.299 e. The SMILES string of the molecule is CCc1nnc(NC(=O)[C@@H](CCSC)N2C(=O)[C@H]3CCCC[C@H]3C2=O)s1. The molecule has 3 rings (SSSR count). The fourth-order valence-electron chi connectivity index (χ4n) is 3.74. The summed E-state index contributed by atoms with van der Waals surface area (Å²) in [4.78, 5) is 39.8. The molecule has 1 aromatic heterocycles. The molecular weight excluding hydrogens is 372 g/mol. The van der Waals surface area contributed by atoms with E-state index >= 15 is 0 Å². The van der Waals surface area contributed by atoms with Crippen molar-refractivity contribution < 1.29 is 14.4 Å². The van der Waals surface area contributed by atoms with Crippen LogP contribution >= 0.6 is 23.1 Å². The van der Waals surface area contributed by atoms with E-state index in [-0.39, 0.29) is 29.6 Å². The van der Waals surface area contributed by atoms with Gasteiger partial charge in [0.15, 0.2) is 0 Å². The zero-order chi connectivity index (χ0) is 18.7. The molecule has 2 aliphatic rings. The van der Waals surface area contributed by atoms with Crippen LogP contribution in [-0.2, 0) is 20.8 Å². The van der Waals surface area contributed by atoms with E-state index in [1.54, 1.807) is 11.8 Å². The number of thioether (sulfide) groups is 1. The number of nitrogens with one attached hydrogen (secondary N) is 1. The smallest absolute Gasteiger partial charge is 0.249 e. The van der Waals surface area contributed by atoms with E-state index in [0.717, 1.165) is 37.1 Å². The van der Waals surface area contributed by atoms with Crippen LogP contribution in [-0.4, -0.2) is 50.9 Å². The van der Waals surface area contributed by atoms with Crippen LogP contribution in [0.4, 0.5) is 5.13 Å². The van der Waals surface area contributed by atoms with Crippen LogP contribution in [0.2, 0.25) is 0 Å². The number of nitrogens with zero attached hydrogens (tertiary/aromatic N) is 3. The number of aromatic nitrogens is 2. The number of likely N-dealkylation sites (tertiary alicyclic amines) is 1. The zero-order valence-electron chi connectivity index (χ0n) is 15.1. The lowest BCUT2D eigenvalue weighted by Crippen LogP contribution is -2.48. The molecule has 1 saturated carbocycles. The van der Waals surface area contributed by atoms with Gasteiger partial charge < -0.3 is 0 Å². The fourth-order valence-corrected chi connectivity index (χ4v) is 4.88. The molecule has 3 amide bonds. The van der Waals surface area contributed by atoms with Crippen LogP contribution in [0, 0.1) is 11.8 Å². The lowest BCUT2D eigenvalue weighted by Gasteiger charge is -2.25. The number of anilines is 1. The second-order valence-electron chi connectivity index (χ2n) is 6.68. The van der Waals surface area contributed by atoms with Gasteiger partial charge in [-0.1, -0.05) is 31.1 Å². The molecule has 1 aliphatic carbocycles. The van der Waals surface area contributed by atoms with Crippen LogP contribution in [0.5, 0.6) is 0 Å². The fraction of sp³-hybridized carbons (Fsp3) is 0.706. The van der Waals surface area contributed by atoms with Gasteiger partial charge in [-0.3, -0.25) is 24.6 Å². The van der Waals surface area contributed by atoms with Crippen molar-refractivity contribution in [2.24, 2.45) is 11.8 Å². The van der Waals surface area contributed by atoms with E-state index in [2.05, 4.69) is 15.5 Å². The van der Waals surface area contributed by atoms with Crippen molar-refractivity contribution in [2.75, 3.05) is 17.3 Å². The van der Waals surface area contributed by atoms with Gasteiger partial charge in [-0.15, -0.1) is 10.2 Å². The van der Waals surface area contributed by atoms with Gasteiger partial charge in [-0.25, -0.2) is 0 Å². The summed E-state index contributed by atoms with van der Waals surface area (Å²) in [5.41, 5.74) is 0. The predicted molar refractivity (Wildman–Crippen MR) is 102 cm³/mol. The highest BCUT2D eigenvalue weighted by molar-refractivity contribution is 7.98. The van der Waals surface area contributed by atoms with Gasteiger partial charge in [-0.05, 0) is 37.7 Å². The summed E-state index contributed by atoms with van der Waals surface area (Å²) in [5.74, 6) is -0.484. The minimum absolute atomic E-state index is 0.174. The number of imide groups is 1. The molecule has 1 saturated heterocycles. The van der Waals surface area contributed by atoms with E-state index in [0.29, 0.717) is 17.3 Å². The van der Waals surface area contributed by atoms with Gasteiger partial charge >= 0.3 is 0 Å². The van der Waals surface area contributed by atoms with Crippen LogP contribution in [0.15, 0.2) is 0 Å². The Morgan fingerprint density at radius 2 is 1.92 bits per heavy atom. The molecule has 0 radical (unpaired) electrons. The first kappa shape index (κ1) is 19.3. The van der Waals surface area contributed by atoms with Crippen LogP contribution in [0.1, 0.15) is 44.0 Å². The Balaban J connectivity index is 1.79. The highest BCUT2D eigenvalue weighted by Gasteiger charge is 2.51. The first-order chi connectivity index (χ1) is 12.6. The number of rotatable bonds is 7. The molecule has 26 heavy (non-hydrogen) atoms. The highest BCUT2D eigenvalue weighted by Crippen LogP contribution is 2.39. The highest BCUT2D eigenvalue weighted by atomic mass is 32.2. The molecule has 0 aromatic carbocycles. The average molecular weight is 397 g/mol. The first-order valence-corrected chi connectivity index (χ1v) is 11.3. The number of hydrogen-bond acceptors (Lipinski definition) is 7. The quantitative estimate of drug-likeness (QED) is 0.711. The molecule has 2 fully saturated rings. The minimum atomic E-state index is -0.776. The molecule has 2 heterocycles. The van der Waals surface area contributed by atoms with Gasteiger partial charge in [0.05, 0.1) is 11.8 Å². The Hall–Kier alpha value is -1.48. The van der Waals surface area contributed by atoms with E-state index in [9.17, 15) is 14.4 Å². The summed E-state index contributed by atoms with van der Waals surface area (Å²) in [6.45, 7) is 1.97. The number of carbonyl (C=O) groups is 3. The van der Waals surface area contributed by atoms with Crippen molar-refractivity contribution in [1.82, 2.24) is 15.1 Å². The van der Waals surface area contributed by atoms with Crippen molar-refractivity contribution in [2.45, 2.75) is 51.5 Å². The van der Waals surface area contributed by atoms with Gasteiger partial charge in [0, 0.05) is 0 Å². The van der Waals surface area contributed by atoms with Crippen molar-refractivity contribution in [3.05, 3.63) is 5.01 Å². The molecule has 1 aliphatic heterocycles. The normalized spacial score (nSPS) is 23.8. The summed E-state index contributed by atoms with van der Waals surface area (Å²) in [5, 5.41) is 12.0. The van der Waals surface area contributed by atoms with Crippen LogP contribution in [0.25, 0.3) is 0 Å². The molecule has 9 heteroatoms. The zero-order valence-corrected chi connectivity index (χ0v) is 16.7. The van der Waals surface area contributed by atoms with Crippen LogP contribution < -0.4 is 5.32 Å². The van der Waals surface area contributed by atoms with Crippen molar-refractivity contribution in [3.63, 3.8) is 0 Å². The Kier molecular flexibility index (Phi) is 6.29. The summed E-state index contributed by atoms with van der Waals surface area (Å²) in [6, 6.07) is -0.776. The summed E-state index contributed by atoms with van der Waals surface area (Å²) >= 11 is 2.91. The van der Waals surface area contributed by atoms with Crippen molar-refractivity contribution in [3.8, 4) is 0 Å². The monoisotopic (exact) mass is 396 g/mol. The molecule has 7 nitrogen and oxygen atoms in total. The number of fused-ring (bicyclic) bond motifs is 1. The molecule has 3 atom stereocenters. The molecule has 0 spiro atoms. The lowest BCUT2D eigenvalue weighted by molar-refractivity contribution is -0.146. The number of hydrogen-bond donors (Lipinski definition) is 1. The van der Waals surface area contributed by atoms with Crippen molar-refractivity contribution in [1.29, 1.82) is 0 Å². The molecule has 0 unspecified atom stereocenters. The first-order valence-electron chi connectivity index (χ1n) is 9.05. The Labute approximate surface area is 161 Å². The Morgan fingerprint density at radius 3 is 2.46 bits per heavy atom. The molecular formula is C17H24N4O3S2. The van der Waals surface area contributed by atoms with E-state index in [4.69, 9.17) is 0 Å². The Morgan fingerprint density at radius 1 is 1.27 bits per heavy atom. The average Bonchev–Trinajstić information content (AvgIpc) is 3.20. The van der Waals surface area contributed by atoms with E-state index in [1.807, 2.05) is 13.2 Å². The summed E-state index contributed by atoms with van der Waals surface area (Å²) < 4.78 is 0. The van der Waals surface area contributed by atoms with Gasteiger partial charge in [0.25, 0.3) is 0 Å². The van der Waals surface area contributed by atoms with Gasteiger partial charge in [-0.2, -0.15) is 11.8 Å². The van der Waals surface area contributed by atoms with E-state index < -0.39 is 6.04 Å². The summed E-state index contributed by atoms with van der Waals surface area (Å²) in [7, 11) is 0. The predicted octanol–water partition coefficient (Wildman–Crippen LogP) is 2.34. The molecule has 1 aromatic rings. The van der Waals surface area contributed by atoms with Crippen LogP contribution in [0.3, 0.4) is 0 Å². The summed E-state index contributed by atoms with van der Waals surface area (Å²) in [6.07, 6.45) is 6.58. The maximum absolute atomic E-state index is 12.9. The number of aryl methyl sites for hydroxylation is 1. The van der Waals surface area contributed by atoms with Gasteiger partial charge in [0.1, 0.15) is 11.0 Å². The number of amides is 3. The topological polar surface area (TPSA) is 92.3 Å². The maximum Gasteiger partial charge on any atom is 0.249 e. The molecule has 142 valence electrons. The third kappa shape index (κ3) is 3.78. The lowest BCUT2D eigenvalue weighted by atomic mass is 9.81. The maximum atomic E-state index is 12.9. The second kappa shape index (κ2) is 8.47. The van der Waals surface area contributed by atoms with E-state index in [1.165, 1.54) is 16.2 Å². The van der Waals surface area contributed by atoms with Crippen molar-refractivity contribution >= 4 is 46.0 Å². The minimum Gasteiger partial charge on any atom is -0.299 e. The standard InChI is InChI=1S/C17H24N4O3S2/c1-3-13-19-20-17(26-13)18-14(22)12(8-9-25-2)21-15(23)10-6-4-5-7-11(10)16(21)24/h10-12H,3-9H2,1-2H3,(H,18,20,22)/t10-,11+,12-/m1/s1. The molecule has 1 N–H and O–H groups in total. The second-order valence-corrected chi connectivity index (χ2v) is 8.73. The molecule has 0 bridgehead atoms. The third-order valence-electron chi connectivity index (χ3n) is 5.08.